The van der Waals surface area contributed by atoms with Crippen LogP contribution in [-0.2, 0) is 14.3 Å². The third-order valence-electron chi connectivity index (χ3n) is 4.50. The number of carbonyl (C=O) groups excluding carboxylic acids is 3. The van der Waals surface area contributed by atoms with Crippen LogP contribution < -0.4 is 15.4 Å². The second kappa shape index (κ2) is 8.50. The summed E-state index contributed by atoms with van der Waals surface area (Å²) in [5.41, 5.74) is 0.108. The van der Waals surface area contributed by atoms with Crippen molar-refractivity contribution in [2.24, 2.45) is 0 Å². The number of ether oxygens (including phenoxy) is 2. The summed E-state index contributed by atoms with van der Waals surface area (Å²) in [5.74, 6) is -0.433. The van der Waals surface area contributed by atoms with Gasteiger partial charge in [-0.05, 0) is 53.7 Å². The third kappa shape index (κ3) is 4.94. The van der Waals surface area contributed by atoms with Crippen molar-refractivity contribution in [3.8, 4) is 5.75 Å². The van der Waals surface area contributed by atoms with Crippen molar-refractivity contribution in [2.45, 2.75) is 65.3 Å². The Balaban J connectivity index is 2.03. The molecular weight excluding hydrogens is 362 g/mol. The maximum atomic E-state index is 12.5. The number of hydrogen-bond acceptors (Lipinski definition) is 5. The van der Waals surface area contributed by atoms with Crippen LogP contribution in [0.15, 0.2) is 24.3 Å². The topological polar surface area (TPSA) is 97.0 Å². The number of para-hydroxylation sites is 2. The van der Waals surface area contributed by atoms with E-state index in [2.05, 4.69) is 10.6 Å². The van der Waals surface area contributed by atoms with Crippen LogP contribution in [0.4, 0.5) is 10.5 Å². The SMILES string of the molecule is CCN(C(=O)O[C@@H](C)C(=O)N[C@@H]1C(=O)Nc2ccccc2O[C@H]1C)C(C)(C)C. The van der Waals surface area contributed by atoms with Gasteiger partial charge < -0.3 is 25.0 Å². The Morgan fingerprint density at radius 1 is 1.32 bits per heavy atom. The van der Waals surface area contributed by atoms with Crippen LogP contribution in [-0.4, -0.2) is 53.1 Å². The Kier molecular flexibility index (Phi) is 6.53. The van der Waals surface area contributed by atoms with Crippen LogP contribution in [0.1, 0.15) is 41.5 Å². The van der Waals surface area contributed by atoms with Gasteiger partial charge in [0.05, 0.1) is 5.69 Å². The predicted molar refractivity (Wildman–Crippen MR) is 105 cm³/mol. The number of nitrogens with one attached hydrogen (secondary N) is 2. The second-order valence-corrected chi connectivity index (χ2v) is 7.74. The molecule has 1 heterocycles. The molecule has 0 saturated carbocycles. The van der Waals surface area contributed by atoms with E-state index in [4.69, 9.17) is 9.47 Å². The molecule has 8 heteroatoms. The Morgan fingerprint density at radius 2 is 1.96 bits per heavy atom. The average molecular weight is 391 g/mol. The monoisotopic (exact) mass is 391 g/mol. The van der Waals surface area contributed by atoms with Gasteiger partial charge >= 0.3 is 6.09 Å². The first-order valence-corrected chi connectivity index (χ1v) is 9.39. The van der Waals surface area contributed by atoms with Crippen LogP contribution in [0.25, 0.3) is 0 Å². The molecule has 1 aromatic rings. The molecule has 3 amide bonds. The van der Waals surface area contributed by atoms with Crippen molar-refractivity contribution in [3.63, 3.8) is 0 Å². The lowest BCUT2D eigenvalue weighted by Gasteiger charge is -2.34. The van der Waals surface area contributed by atoms with Crippen molar-refractivity contribution in [1.29, 1.82) is 0 Å². The predicted octanol–water partition coefficient (Wildman–Crippen LogP) is 2.54. The molecule has 2 rings (SSSR count). The zero-order chi connectivity index (χ0) is 21.1. The Morgan fingerprint density at radius 3 is 2.57 bits per heavy atom. The van der Waals surface area contributed by atoms with Gasteiger partial charge in [0.25, 0.3) is 11.8 Å². The van der Waals surface area contributed by atoms with Gasteiger partial charge in [0, 0.05) is 12.1 Å². The van der Waals surface area contributed by atoms with E-state index in [-0.39, 0.29) is 0 Å². The number of amides is 3. The molecule has 28 heavy (non-hydrogen) atoms. The van der Waals surface area contributed by atoms with Gasteiger partial charge in [-0.25, -0.2) is 4.79 Å². The number of hydrogen-bond donors (Lipinski definition) is 2. The van der Waals surface area contributed by atoms with Crippen molar-refractivity contribution >= 4 is 23.6 Å². The fraction of sp³-hybridized carbons (Fsp3) is 0.550. The number of nitrogens with zero attached hydrogens (tertiary/aromatic N) is 1. The van der Waals surface area contributed by atoms with Crippen molar-refractivity contribution < 1.29 is 23.9 Å². The zero-order valence-corrected chi connectivity index (χ0v) is 17.2. The molecule has 0 unspecified atom stereocenters. The number of anilines is 1. The quantitative estimate of drug-likeness (QED) is 0.822. The molecule has 0 aromatic heterocycles. The first-order valence-electron chi connectivity index (χ1n) is 9.39. The standard InChI is InChI=1S/C20H29N3O5/c1-7-23(20(4,5)6)19(26)28-13(3)17(24)22-16-12(2)27-15-11-9-8-10-14(15)21-18(16)25/h8-13,16H,7H2,1-6H3,(H,21,25)(H,22,24)/t12-,13-,16-/m0/s1. The summed E-state index contributed by atoms with van der Waals surface area (Å²) in [5, 5.41) is 5.36. The van der Waals surface area contributed by atoms with Crippen LogP contribution in [0, 0.1) is 0 Å². The van der Waals surface area contributed by atoms with Crippen LogP contribution in [0.2, 0.25) is 0 Å². The van der Waals surface area contributed by atoms with E-state index in [1.807, 2.05) is 27.7 Å². The van der Waals surface area contributed by atoms with Crippen molar-refractivity contribution in [3.05, 3.63) is 24.3 Å². The Hall–Kier alpha value is -2.77. The second-order valence-electron chi connectivity index (χ2n) is 7.74. The van der Waals surface area contributed by atoms with Gasteiger partial charge in [0.15, 0.2) is 6.10 Å². The summed E-state index contributed by atoms with van der Waals surface area (Å²) in [6.45, 7) is 11.1. The third-order valence-corrected chi connectivity index (χ3v) is 4.50. The van der Waals surface area contributed by atoms with Gasteiger partial charge in [0.1, 0.15) is 17.9 Å². The van der Waals surface area contributed by atoms with Gasteiger partial charge in [-0.1, -0.05) is 12.1 Å². The van der Waals surface area contributed by atoms with Crippen molar-refractivity contribution in [1.82, 2.24) is 10.2 Å². The average Bonchev–Trinajstić information content (AvgIpc) is 2.70. The Labute approximate surface area is 165 Å². The Bertz CT molecular complexity index is 744. The van der Waals surface area contributed by atoms with Crippen LogP contribution in [0.3, 0.4) is 0 Å². The van der Waals surface area contributed by atoms with E-state index in [1.165, 1.54) is 11.8 Å². The lowest BCUT2D eigenvalue weighted by Crippen LogP contribution is -2.54. The highest BCUT2D eigenvalue weighted by atomic mass is 16.6. The minimum absolute atomic E-state index is 0.394. The first kappa shape index (κ1) is 21.5. The molecule has 0 bridgehead atoms. The molecule has 0 fully saturated rings. The smallest absolute Gasteiger partial charge is 0.410 e. The lowest BCUT2D eigenvalue weighted by molar-refractivity contribution is -0.134. The van der Waals surface area contributed by atoms with E-state index in [1.54, 1.807) is 31.2 Å². The van der Waals surface area contributed by atoms with Gasteiger partial charge in [-0.15, -0.1) is 0 Å². The van der Waals surface area contributed by atoms with Gasteiger partial charge in [0.2, 0.25) is 0 Å². The molecule has 8 nitrogen and oxygen atoms in total. The lowest BCUT2D eigenvalue weighted by atomic mass is 10.1. The van der Waals surface area contributed by atoms with Crippen molar-refractivity contribution in [2.75, 3.05) is 11.9 Å². The first-order chi connectivity index (χ1) is 13.0. The number of rotatable bonds is 4. The molecule has 3 atom stereocenters. The minimum atomic E-state index is -1.06. The molecule has 154 valence electrons. The van der Waals surface area contributed by atoms with E-state index >= 15 is 0 Å². The molecule has 1 aliphatic rings. The fourth-order valence-corrected chi connectivity index (χ4v) is 2.96. The van der Waals surface area contributed by atoms with Crippen LogP contribution >= 0.6 is 0 Å². The largest absolute Gasteiger partial charge is 0.486 e. The van der Waals surface area contributed by atoms with Gasteiger partial charge in [-0.2, -0.15) is 0 Å². The van der Waals surface area contributed by atoms with E-state index < -0.39 is 41.7 Å². The van der Waals surface area contributed by atoms with E-state index in [0.29, 0.717) is 18.0 Å². The van der Waals surface area contributed by atoms with E-state index in [9.17, 15) is 14.4 Å². The molecule has 2 N–H and O–H groups in total. The van der Waals surface area contributed by atoms with Crippen LogP contribution in [0.5, 0.6) is 5.75 Å². The summed E-state index contributed by atoms with van der Waals surface area (Å²) < 4.78 is 11.1. The summed E-state index contributed by atoms with van der Waals surface area (Å²) in [7, 11) is 0. The van der Waals surface area contributed by atoms with Gasteiger partial charge in [-0.3, -0.25) is 9.59 Å². The normalized spacial score (nSPS) is 20.0. The molecule has 0 spiro atoms. The number of carbonyl (C=O) groups is 3. The summed E-state index contributed by atoms with van der Waals surface area (Å²) in [6, 6.07) is 6.12. The summed E-state index contributed by atoms with van der Waals surface area (Å²) >= 11 is 0. The zero-order valence-electron chi connectivity index (χ0n) is 17.2. The molecule has 1 aromatic carbocycles. The number of benzene rings is 1. The minimum Gasteiger partial charge on any atom is -0.486 e. The highest BCUT2D eigenvalue weighted by Gasteiger charge is 2.35. The maximum absolute atomic E-state index is 12.5. The molecular formula is C20H29N3O5. The summed E-state index contributed by atoms with van der Waals surface area (Å²) in [4.78, 5) is 39.0. The maximum Gasteiger partial charge on any atom is 0.410 e. The number of fused-ring (bicyclic) bond motifs is 1. The molecule has 0 saturated heterocycles. The molecule has 0 radical (unpaired) electrons. The highest BCUT2D eigenvalue weighted by Crippen LogP contribution is 2.28. The molecule has 0 aliphatic carbocycles. The fourth-order valence-electron chi connectivity index (χ4n) is 2.96. The summed E-state index contributed by atoms with van der Waals surface area (Å²) in [6.07, 6.45) is -2.24. The van der Waals surface area contributed by atoms with E-state index in [0.717, 1.165) is 0 Å². The molecule has 1 aliphatic heterocycles. The highest BCUT2D eigenvalue weighted by molar-refractivity contribution is 5.99.